The number of carbonyl (C=O) groups excluding carboxylic acids is 3. The molecule has 1 aromatic rings. The summed E-state index contributed by atoms with van der Waals surface area (Å²) < 4.78 is 4.98. The molecular formula is C15H17NO4. The van der Waals surface area contributed by atoms with Gasteiger partial charge in [-0.1, -0.05) is 25.5 Å². The van der Waals surface area contributed by atoms with E-state index in [1.807, 2.05) is 6.92 Å². The van der Waals surface area contributed by atoms with E-state index in [4.69, 9.17) is 4.74 Å². The van der Waals surface area contributed by atoms with Crippen LogP contribution in [0.5, 0.6) is 0 Å². The van der Waals surface area contributed by atoms with E-state index >= 15 is 0 Å². The molecule has 0 spiro atoms. The second kappa shape index (κ2) is 5.86. The van der Waals surface area contributed by atoms with Gasteiger partial charge in [-0.3, -0.25) is 14.5 Å². The molecule has 0 N–H and O–H groups in total. The number of ether oxygens (including phenoxy) is 1. The first-order valence-electron chi connectivity index (χ1n) is 6.75. The highest BCUT2D eigenvalue weighted by atomic mass is 16.5. The third-order valence-corrected chi connectivity index (χ3v) is 3.26. The average Bonchev–Trinajstić information content (AvgIpc) is 2.70. The molecule has 0 saturated heterocycles. The molecule has 0 fully saturated rings. The summed E-state index contributed by atoms with van der Waals surface area (Å²) in [6, 6.07) is 5.76. The first kappa shape index (κ1) is 14.2. The Balaban J connectivity index is 2.34. The third kappa shape index (κ3) is 2.31. The number of rotatable bonds is 5. The Kier molecular flexibility index (Phi) is 4.17. The second-order valence-electron chi connectivity index (χ2n) is 4.58. The van der Waals surface area contributed by atoms with E-state index in [2.05, 4.69) is 0 Å². The SMILES string of the molecule is CCCC(C(=O)OCC)N1C(=O)c2ccccc2C1=O. The van der Waals surface area contributed by atoms with Crippen molar-refractivity contribution in [1.82, 2.24) is 4.90 Å². The minimum atomic E-state index is -0.840. The fourth-order valence-corrected chi connectivity index (χ4v) is 2.36. The van der Waals surface area contributed by atoms with Crippen LogP contribution in [0.1, 0.15) is 47.4 Å². The van der Waals surface area contributed by atoms with E-state index in [-0.39, 0.29) is 6.61 Å². The molecule has 0 aliphatic carbocycles. The Hall–Kier alpha value is -2.17. The number of fused-ring (bicyclic) bond motifs is 1. The average molecular weight is 275 g/mol. The minimum Gasteiger partial charge on any atom is -0.464 e. The Morgan fingerprint density at radius 1 is 1.15 bits per heavy atom. The number of amides is 2. The number of imide groups is 1. The fraction of sp³-hybridized carbons (Fsp3) is 0.400. The molecule has 5 nitrogen and oxygen atoms in total. The molecule has 20 heavy (non-hydrogen) atoms. The van der Waals surface area contributed by atoms with E-state index in [9.17, 15) is 14.4 Å². The summed E-state index contributed by atoms with van der Waals surface area (Å²) in [6.07, 6.45) is 1.08. The number of carbonyl (C=O) groups is 3. The topological polar surface area (TPSA) is 63.7 Å². The molecule has 2 rings (SSSR count). The Morgan fingerprint density at radius 2 is 1.70 bits per heavy atom. The van der Waals surface area contributed by atoms with Crippen LogP contribution in [0.25, 0.3) is 0 Å². The van der Waals surface area contributed by atoms with E-state index in [0.717, 1.165) is 4.90 Å². The first-order valence-corrected chi connectivity index (χ1v) is 6.75. The summed E-state index contributed by atoms with van der Waals surface area (Å²) in [5, 5.41) is 0. The van der Waals surface area contributed by atoms with E-state index in [0.29, 0.717) is 24.0 Å². The molecule has 0 bridgehead atoms. The normalized spacial score (nSPS) is 15.2. The summed E-state index contributed by atoms with van der Waals surface area (Å²) in [5.41, 5.74) is 0.700. The monoisotopic (exact) mass is 275 g/mol. The van der Waals surface area contributed by atoms with E-state index in [1.54, 1.807) is 31.2 Å². The molecule has 0 aromatic heterocycles. The molecule has 106 valence electrons. The lowest BCUT2D eigenvalue weighted by Crippen LogP contribution is -2.45. The number of esters is 1. The van der Waals surface area contributed by atoms with Gasteiger partial charge >= 0.3 is 5.97 Å². The lowest BCUT2D eigenvalue weighted by molar-refractivity contribution is -0.148. The van der Waals surface area contributed by atoms with Gasteiger partial charge in [-0.2, -0.15) is 0 Å². The first-order chi connectivity index (χ1) is 9.61. The summed E-state index contributed by atoms with van der Waals surface area (Å²) in [6.45, 7) is 3.82. The zero-order chi connectivity index (χ0) is 14.7. The molecule has 1 aliphatic heterocycles. The number of benzene rings is 1. The van der Waals surface area contributed by atoms with Crippen molar-refractivity contribution in [1.29, 1.82) is 0 Å². The van der Waals surface area contributed by atoms with Crippen molar-refractivity contribution in [2.45, 2.75) is 32.7 Å². The summed E-state index contributed by atoms with van der Waals surface area (Å²) in [5.74, 6) is -1.36. The smallest absolute Gasteiger partial charge is 0.329 e. The highest BCUT2D eigenvalue weighted by Crippen LogP contribution is 2.26. The molecule has 5 heteroatoms. The highest BCUT2D eigenvalue weighted by Gasteiger charge is 2.42. The van der Waals surface area contributed by atoms with Crippen LogP contribution in [-0.2, 0) is 9.53 Å². The molecule has 0 saturated carbocycles. The van der Waals surface area contributed by atoms with Gasteiger partial charge in [0.1, 0.15) is 6.04 Å². The maximum atomic E-state index is 12.3. The van der Waals surface area contributed by atoms with Gasteiger partial charge in [-0.15, -0.1) is 0 Å². The van der Waals surface area contributed by atoms with Gasteiger partial charge in [0.15, 0.2) is 0 Å². The van der Waals surface area contributed by atoms with Crippen molar-refractivity contribution in [3.8, 4) is 0 Å². The molecular weight excluding hydrogens is 258 g/mol. The fourth-order valence-electron chi connectivity index (χ4n) is 2.36. The molecule has 1 atom stereocenters. The van der Waals surface area contributed by atoms with Gasteiger partial charge in [0, 0.05) is 0 Å². The molecule has 2 amide bonds. The van der Waals surface area contributed by atoms with Crippen molar-refractivity contribution >= 4 is 17.8 Å². The van der Waals surface area contributed by atoms with Crippen LogP contribution >= 0.6 is 0 Å². The minimum absolute atomic E-state index is 0.224. The van der Waals surface area contributed by atoms with Gasteiger partial charge in [-0.05, 0) is 25.5 Å². The highest BCUT2D eigenvalue weighted by molar-refractivity contribution is 6.22. The Bertz CT molecular complexity index is 518. The molecule has 0 radical (unpaired) electrons. The number of hydrogen-bond acceptors (Lipinski definition) is 4. The van der Waals surface area contributed by atoms with Gasteiger partial charge in [0.05, 0.1) is 17.7 Å². The van der Waals surface area contributed by atoms with E-state index in [1.165, 1.54) is 0 Å². The molecule has 1 aliphatic rings. The largest absolute Gasteiger partial charge is 0.464 e. The predicted octanol–water partition coefficient (Wildman–Crippen LogP) is 2.01. The summed E-state index contributed by atoms with van der Waals surface area (Å²) in [4.78, 5) is 37.7. The van der Waals surface area contributed by atoms with Gasteiger partial charge in [0.2, 0.25) is 0 Å². The van der Waals surface area contributed by atoms with Crippen LogP contribution in [0.2, 0.25) is 0 Å². The predicted molar refractivity (Wildman–Crippen MR) is 72.3 cm³/mol. The summed E-state index contributed by atoms with van der Waals surface area (Å²) >= 11 is 0. The molecule has 1 aromatic carbocycles. The maximum absolute atomic E-state index is 12.3. The van der Waals surface area contributed by atoms with Crippen LogP contribution in [0.3, 0.4) is 0 Å². The standard InChI is InChI=1S/C15H17NO4/c1-3-7-12(15(19)20-4-2)16-13(17)10-8-5-6-9-11(10)14(16)18/h5-6,8-9,12H,3-4,7H2,1-2H3. The number of nitrogens with zero attached hydrogens (tertiary/aromatic N) is 1. The zero-order valence-corrected chi connectivity index (χ0v) is 11.6. The van der Waals surface area contributed by atoms with Crippen molar-refractivity contribution in [3.63, 3.8) is 0 Å². The van der Waals surface area contributed by atoms with Gasteiger partial charge in [0.25, 0.3) is 11.8 Å². The van der Waals surface area contributed by atoms with Crippen LogP contribution in [0.4, 0.5) is 0 Å². The lowest BCUT2D eigenvalue weighted by Gasteiger charge is -2.23. The Labute approximate surface area is 117 Å². The lowest BCUT2D eigenvalue weighted by atomic mass is 10.1. The van der Waals surface area contributed by atoms with Crippen molar-refractivity contribution < 1.29 is 19.1 Å². The van der Waals surface area contributed by atoms with Gasteiger partial charge < -0.3 is 4.74 Å². The second-order valence-corrected chi connectivity index (χ2v) is 4.58. The van der Waals surface area contributed by atoms with E-state index < -0.39 is 23.8 Å². The summed E-state index contributed by atoms with van der Waals surface area (Å²) in [7, 11) is 0. The van der Waals surface area contributed by atoms with Crippen molar-refractivity contribution in [2.24, 2.45) is 0 Å². The van der Waals surface area contributed by atoms with Gasteiger partial charge in [-0.25, -0.2) is 4.79 Å². The van der Waals surface area contributed by atoms with Crippen LogP contribution < -0.4 is 0 Å². The number of hydrogen-bond donors (Lipinski definition) is 0. The van der Waals surface area contributed by atoms with Crippen LogP contribution in [-0.4, -0.2) is 35.3 Å². The molecule has 1 unspecified atom stereocenters. The van der Waals surface area contributed by atoms with Crippen molar-refractivity contribution in [3.05, 3.63) is 35.4 Å². The van der Waals surface area contributed by atoms with Crippen molar-refractivity contribution in [2.75, 3.05) is 6.61 Å². The Morgan fingerprint density at radius 3 is 2.15 bits per heavy atom. The molecule has 1 heterocycles. The van der Waals surface area contributed by atoms with Crippen LogP contribution in [0, 0.1) is 0 Å². The third-order valence-electron chi connectivity index (χ3n) is 3.26. The maximum Gasteiger partial charge on any atom is 0.329 e. The zero-order valence-electron chi connectivity index (χ0n) is 11.6. The quantitative estimate of drug-likeness (QED) is 0.609. The van der Waals surface area contributed by atoms with Crippen LogP contribution in [0.15, 0.2) is 24.3 Å².